The van der Waals surface area contributed by atoms with E-state index in [-0.39, 0.29) is 11.6 Å². The summed E-state index contributed by atoms with van der Waals surface area (Å²) in [7, 11) is 0. The van der Waals surface area contributed by atoms with Crippen molar-refractivity contribution in [2.24, 2.45) is 0 Å². The molecule has 1 aromatic heterocycles. The summed E-state index contributed by atoms with van der Waals surface area (Å²) in [4.78, 5) is 11.9. The molecule has 0 saturated carbocycles. The van der Waals surface area contributed by atoms with E-state index in [4.69, 9.17) is 0 Å². The van der Waals surface area contributed by atoms with Gasteiger partial charge >= 0.3 is 0 Å². The minimum absolute atomic E-state index is 0.0559. The number of amides is 1. The molecule has 2 aromatic rings. The van der Waals surface area contributed by atoms with Gasteiger partial charge in [-0.3, -0.25) is 9.48 Å². The van der Waals surface area contributed by atoms with Gasteiger partial charge in [0.05, 0.1) is 11.3 Å². The smallest absolute Gasteiger partial charge is 0.259 e. The van der Waals surface area contributed by atoms with Crippen LogP contribution in [-0.4, -0.2) is 15.7 Å². The van der Waals surface area contributed by atoms with Crippen LogP contribution in [0.4, 0.5) is 23.2 Å². The summed E-state index contributed by atoms with van der Waals surface area (Å²) in [6, 6.07) is 0.0701. The van der Waals surface area contributed by atoms with Crippen LogP contribution in [0.15, 0.2) is 12.3 Å². The number of nitrogens with zero attached hydrogens (tertiary/aromatic N) is 2. The van der Waals surface area contributed by atoms with Crippen molar-refractivity contribution in [3.05, 3.63) is 46.8 Å². The zero-order valence-corrected chi connectivity index (χ0v) is 11.2. The summed E-state index contributed by atoms with van der Waals surface area (Å²) < 4.78 is 54.5. The highest BCUT2D eigenvalue weighted by Crippen LogP contribution is 2.24. The van der Waals surface area contributed by atoms with E-state index in [9.17, 15) is 22.4 Å². The van der Waals surface area contributed by atoms with Crippen LogP contribution in [0.2, 0.25) is 0 Å². The molecule has 0 spiro atoms. The van der Waals surface area contributed by atoms with E-state index >= 15 is 0 Å². The highest BCUT2D eigenvalue weighted by Gasteiger charge is 2.22. The van der Waals surface area contributed by atoms with Crippen LogP contribution in [0.3, 0.4) is 0 Å². The maximum Gasteiger partial charge on any atom is 0.259 e. The summed E-state index contributed by atoms with van der Waals surface area (Å²) >= 11 is 0. The van der Waals surface area contributed by atoms with Crippen molar-refractivity contribution in [2.75, 3.05) is 5.32 Å². The van der Waals surface area contributed by atoms with Gasteiger partial charge in [-0.2, -0.15) is 5.10 Å². The minimum atomic E-state index is -1.66. The fourth-order valence-corrected chi connectivity index (χ4v) is 1.77. The Labute approximate surface area is 117 Å². The van der Waals surface area contributed by atoms with Crippen molar-refractivity contribution in [1.82, 2.24) is 9.78 Å². The Morgan fingerprint density at radius 2 is 1.81 bits per heavy atom. The zero-order chi connectivity index (χ0) is 15.7. The average Bonchev–Trinajstić information content (AvgIpc) is 2.82. The molecule has 0 atom stereocenters. The number of nitrogens with one attached hydrogen (secondary N) is 1. The third-order valence-electron chi connectivity index (χ3n) is 2.87. The van der Waals surface area contributed by atoms with Crippen LogP contribution in [0.5, 0.6) is 0 Å². The lowest BCUT2D eigenvalue weighted by Gasteiger charge is -2.08. The molecule has 0 aliphatic rings. The van der Waals surface area contributed by atoms with Crippen molar-refractivity contribution in [3.63, 3.8) is 0 Å². The second-order valence-electron chi connectivity index (χ2n) is 4.28. The Morgan fingerprint density at radius 1 is 1.24 bits per heavy atom. The summed E-state index contributed by atoms with van der Waals surface area (Å²) in [6.45, 7) is 3.81. The van der Waals surface area contributed by atoms with E-state index in [1.807, 2.05) is 5.32 Å². The predicted molar refractivity (Wildman–Crippen MR) is 66.9 cm³/mol. The SMILES string of the molecule is CCn1cc(C(=O)Nc2c(F)c(F)cc(F)c2F)c(C)n1. The summed E-state index contributed by atoms with van der Waals surface area (Å²) in [5.41, 5.74) is -0.784. The molecule has 0 radical (unpaired) electrons. The zero-order valence-electron chi connectivity index (χ0n) is 11.2. The normalized spacial score (nSPS) is 10.8. The second kappa shape index (κ2) is 5.55. The topological polar surface area (TPSA) is 46.9 Å². The van der Waals surface area contributed by atoms with Gasteiger partial charge in [-0.05, 0) is 13.8 Å². The fourth-order valence-electron chi connectivity index (χ4n) is 1.77. The van der Waals surface area contributed by atoms with Crippen molar-refractivity contribution < 1.29 is 22.4 Å². The van der Waals surface area contributed by atoms with Gasteiger partial charge in [-0.1, -0.05) is 0 Å². The molecule has 1 amide bonds. The molecule has 1 aromatic carbocycles. The first-order valence-corrected chi connectivity index (χ1v) is 6.03. The van der Waals surface area contributed by atoms with Gasteiger partial charge in [-0.15, -0.1) is 0 Å². The molecule has 0 bridgehead atoms. The molecule has 1 N–H and O–H groups in total. The summed E-state index contributed by atoms with van der Waals surface area (Å²) in [6.07, 6.45) is 1.37. The molecule has 0 fully saturated rings. The molecule has 21 heavy (non-hydrogen) atoms. The van der Waals surface area contributed by atoms with Gasteiger partial charge in [0.2, 0.25) is 0 Å². The Hall–Kier alpha value is -2.38. The third-order valence-corrected chi connectivity index (χ3v) is 2.87. The lowest BCUT2D eigenvalue weighted by molar-refractivity contribution is 0.102. The van der Waals surface area contributed by atoms with E-state index in [0.29, 0.717) is 12.2 Å². The first-order valence-electron chi connectivity index (χ1n) is 6.03. The van der Waals surface area contributed by atoms with Crippen molar-refractivity contribution >= 4 is 11.6 Å². The summed E-state index contributed by atoms with van der Waals surface area (Å²) in [5, 5.41) is 5.82. The number of carbonyl (C=O) groups is 1. The molecule has 1 heterocycles. The second-order valence-corrected chi connectivity index (χ2v) is 4.28. The highest BCUT2D eigenvalue weighted by molar-refractivity contribution is 6.05. The molecule has 0 aliphatic carbocycles. The fraction of sp³-hybridized carbons (Fsp3) is 0.231. The van der Waals surface area contributed by atoms with Gasteiger partial charge in [0.1, 0.15) is 5.69 Å². The Balaban J connectivity index is 2.38. The number of aromatic nitrogens is 2. The van der Waals surface area contributed by atoms with Crippen LogP contribution in [0, 0.1) is 30.2 Å². The first kappa shape index (κ1) is 15.0. The molecule has 2 rings (SSSR count). The van der Waals surface area contributed by atoms with Gasteiger partial charge in [0, 0.05) is 18.8 Å². The number of carbonyl (C=O) groups excluding carboxylic acids is 1. The number of benzene rings is 1. The van der Waals surface area contributed by atoms with Crippen LogP contribution < -0.4 is 5.32 Å². The molecular formula is C13H11F4N3O. The van der Waals surface area contributed by atoms with E-state index in [2.05, 4.69) is 5.10 Å². The maximum atomic E-state index is 13.5. The molecule has 0 saturated heterocycles. The maximum absolute atomic E-state index is 13.5. The molecule has 8 heteroatoms. The van der Waals surface area contributed by atoms with Crippen LogP contribution in [0.25, 0.3) is 0 Å². The van der Waals surface area contributed by atoms with E-state index in [1.54, 1.807) is 6.92 Å². The quantitative estimate of drug-likeness (QED) is 0.699. The molecule has 4 nitrogen and oxygen atoms in total. The van der Waals surface area contributed by atoms with Crippen LogP contribution >= 0.6 is 0 Å². The number of hydrogen-bond acceptors (Lipinski definition) is 2. The highest BCUT2D eigenvalue weighted by atomic mass is 19.2. The van der Waals surface area contributed by atoms with E-state index < -0.39 is 34.9 Å². The Kier molecular flexibility index (Phi) is 3.97. The lowest BCUT2D eigenvalue weighted by Crippen LogP contribution is -2.16. The lowest BCUT2D eigenvalue weighted by atomic mass is 10.2. The van der Waals surface area contributed by atoms with E-state index in [0.717, 1.165) is 0 Å². The number of aryl methyl sites for hydroxylation is 2. The Bertz CT molecular complexity index is 686. The van der Waals surface area contributed by atoms with Crippen LogP contribution in [0.1, 0.15) is 23.0 Å². The number of rotatable bonds is 3. The van der Waals surface area contributed by atoms with Gasteiger partial charge in [0.25, 0.3) is 5.91 Å². The number of halogens is 4. The predicted octanol–water partition coefficient (Wildman–Crippen LogP) is 3.02. The molecule has 112 valence electrons. The van der Waals surface area contributed by atoms with E-state index in [1.165, 1.54) is 17.8 Å². The van der Waals surface area contributed by atoms with Gasteiger partial charge in [0.15, 0.2) is 23.3 Å². The average molecular weight is 301 g/mol. The first-order chi connectivity index (χ1) is 9.85. The molecular weight excluding hydrogens is 290 g/mol. The van der Waals surface area contributed by atoms with Crippen molar-refractivity contribution in [2.45, 2.75) is 20.4 Å². The van der Waals surface area contributed by atoms with Crippen molar-refractivity contribution in [3.8, 4) is 0 Å². The minimum Gasteiger partial charge on any atom is -0.317 e. The largest absolute Gasteiger partial charge is 0.317 e. The standard InChI is InChI=1S/C13H11F4N3O/c1-3-20-5-7(6(2)19-20)13(21)18-12-10(16)8(14)4-9(15)11(12)17/h4-5H,3H2,1-2H3,(H,18,21). The monoisotopic (exact) mass is 301 g/mol. The molecule has 0 aliphatic heterocycles. The summed E-state index contributed by atoms with van der Waals surface area (Å²) in [5.74, 6) is -7.42. The van der Waals surface area contributed by atoms with Gasteiger partial charge < -0.3 is 5.32 Å². The number of anilines is 1. The number of hydrogen-bond donors (Lipinski definition) is 1. The van der Waals surface area contributed by atoms with Crippen molar-refractivity contribution in [1.29, 1.82) is 0 Å². The third kappa shape index (κ3) is 2.74. The molecule has 0 unspecified atom stereocenters. The van der Waals surface area contributed by atoms with Crippen LogP contribution in [-0.2, 0) is 6.54 Å². The Morgan fingerprint density at radius 3 is 2.29 bits per heavy atom. The van der Waals surface area contributed by atoms with Gasteiger partial charge in [-0.25, -0.2) is 17.6 Å².